The van der Waals surface area contributed by atoms with Crippen LogP contribution in [0.5, 0.6) is 0 Å². The second-order valence-corrected chi connectivity index (χ2v) is 6.74. The average molecular weight is 311 g/mol. The molecule has 2 saturated heterocycles. The molecule has 124 valence electrons. The van der Waals surface area contributed by atoms with Gasteiger partial charge < -0.3 is 19.5 Å². The fourth-order valence-electron chi connectivity index (χ4n) is 4.18. The van der Waals surface area contributed by atoms with E-state index in [0.29, 0.717) is 19.1 Å². The lowest BCUT2D eigenvalue weighted by molar-refractivity contribution is -0.155. The monoisotopic (exact) mass is 311 g/mol. The second-order valence-electron chi connectivity index (χ2n) is 6.74. The molecule has 0 aromatic carbocycles. The number of aliphatic carboxylic acids is 1. The fourth-order valence-corrected chi connectivity index (χ4v) is 4.18. The normalized spacial score (nSPS) is 35.6. The van der Waals surface area contributed by atoms with Gasteiger partial charge in [0.05, 0.1) is 12.7 Å². The number of fused-ring (bicyclic) bond motifs is 1. The third-order valence-corrected chi connectivity index (χ3v) is 5.33. The van der Waals surface area contributed by atoms with Gasteiger partial charge in [-0.1, -0.05) is 6.42 Å². The van der Waals surface area contributed by atoms with E-state index in [9.17, 15) is 14.7 Å². The Labute approximate surface area is 130 Å². The molecule has 1 amide bonds. The Morgan fingerprint density at radius 1 is 1.32 bits per heavy atom. The molecule has 0 radical (unpaired) electrons. The van der Waals surface area contributed by atoms with Crippen molar-refractivity contribution in [3.8, 4) is 0 Å². The maximum Gasteiger partial charge on any atom is 0.326 e. The summed E-state index contributed by atoms with van der Waals surface area (Å²) in [5.74, 6) is -0.615. The van der Waals surface area contributed by atoms with Crippen LogP contribution >= 0.6 is 0 Å². The molecule has 3 fully saturated rings. The number of likely N-dealkylation sites (tertiary alicyclic amines) is 1. The van der Waals surface area contributed by atoms with Crippen LogP contribution < -0.4 is 0 Å². The lowest BCUT2D eigenvalue weighted by Crippen LogP contribution is -2.47. The summed E-state index contributed by atoms with van der Waals surface area (Å²) in [5.41, 5.74) is 0. The van der Waals surface area contributed by atoms with Gasteiger partial charge in [-0.15, -0.1) is 0 Å². The van der Waals surface area contributed by atoms with Crippen molar-refractivity contribution in [1.82, 2.24) is 4.90 Å². The van der Waals surface area contributed by atoms with E-state index in [1.807, 2.05) is 0 Å². The number of carbonyl (C=O) groups is 2. The van der Waals surface area contributed by atoms with Crippen molar-refractivity contribution in [1.29, 1.82) is 0 Å². The van der Waals surface area contributed by atoms with Crippen LogP contribution in [0, 0.1) is 11.8 Å². The predicted octanol–water partition coefficient (Wildman–Crippen LogP) is 1.28. The van der Waals surface area contributed by atoms with Crippen molar-refractivity contribution < 1.29 is 24.2 Å². The molecule has 5 atom stereocenters. The topological polar surface area (TPSA) is 76.1 Å². The largest absolute Gasteiger partial charge is 0.480 e. The number of carboxylic acids is 1. The smallest absolute Gasteiger partial charge is 0.326 e. The van der Waals surface area contributed by atoms with E-state index in [-0.39, 0.29) is 17.9 Å². The highest BCUT2D eigenvalue weighted by atomic mass is 16.5. The standard InChI is InChI=1S/C16H25NO5/c1-10(22-9-12-5-3-7-21-12)15(18)17-8-11-4-2-6-13(11)14(17)16(19)20/h10-14H,2-9H2,1H3,(H,19,20). The van der Waals surface area contributed by atoms with Crippen LogP contribution in [0.15, 0.2) is 0 Å². The lowest BCUT2D eigenvalue weighted by atomic mass is 9.94. The number of ether oxygens (including phenoxy) is 2. The first-order valence-corrected chi connectivity index (χ1v) is 8.34. The summed E-state index contributed by atoms with van der Waals surface area (Å²) in [4.78, 5) is 25.7. The summed E-state index contributed by atoms with van der Waals surface area (Å²) >= 11 is 0. The van der Waals surface area contributed by atoms with Crippen molar-refractivity contribution in [2.45, 2.75) is 57.3 Å². The van der Waals surface area contributed by atoms with Crippen LogP contribution in [0.25, 0.3) is 0 Å². The number of nitrogens with zero attached hydrogens (tertiary/aromatic N) is 1. The van der Waals surface area contributed by atoms with E-state index in [4.69, 9.17) is 9.47 Å². The average Bonchev–Trinajstić information content (AvgIpc) is 3.18. The maximum atomic E-state index is 12.6. The quantitative estimate of drug-likeness (QED) is 0.828. The number of hydrogen-bond donors (Lipinski definition) is 1. The first kappa shape index (κ1) is 15.7. The zero-order valence-electron chi connectivity index (χ0n) is 13.1. The molecule has 1 saturated carbocycles. The highest BCUT2D eigenvalue weighted by Crippen LogP contribution is 2.42. The third-order valence-electron chi connectivity index (χ3n) is 5.33. The molecule has 0 bridgehead atoms. The Morgan fingerprint density at radius 2 is 2.14 bits per heavy atom. The molecule has 3 aliphatic rings. The zero-order chi connectivity index (χ0) is 15.7. The van der Waals surface area contributed by atoms with Crippen molar-refractivity contribution >= 4 is 11.9 Å². The molecule has 22 heavy (non-hydrogen) atoms. The lowest BCUT2D eigenvalue weighted by Gasteiger charge is -2.27. The van der Waals surface area contributed by atoms with E-state index in [0.717, 1.165) is 38.7 Å². The molecule has 1 aliphatic carbocycles. The molecule has 1 N–H and O–H groups in total. The highest BCUT2D eigenvalue weighted by Gasteiger charge is 2.50. The summed E-state index contributed by atoms with van der Waals surface area (Å²) in [6.45, 7) is 3.44. The molecule has 2 heterocycles. The van der Waals surface area contributed by atoms with Gasteiger partial charge in [-0.05, 0) is 44.4 Å². The van der Waals surface area contributed by atoms with Crippen LogP contribution in [0.3, 0.4) is 0 Å². The number of carbonyl (C=O) groups excluding carboxylic acids is 1. The van der Waals surface area contributed by atoms with Gasteiger partial charge in [-0.25, -0.2) is 4.79 Å². The summed E-state index contributed by atoms with van der Waals surface area (Å²) < 4.78 is 11.1. The molecule has 0 spiro atoms. The summed E-state index contributed by atoms with van der Waals surface area (Å²) in [7, 11) is 0. The van der Waals surface area contributed by atoms with Crippen LogP contribution in [0.1, 0.15) is 39.0 Å². The van der Waals surface area contributed by atoms with Gasteiger partial charge in [-0.3, -0.25) is 4.79 Å². The van der Waals surface area contributed by atoms with Gasteiger partial charge in [0, 0.05) is 13.2 Å². The molecule has 6 heteroatoms. The van der Waals surface area contributed by atoms with Crippen LogP contribution in [0.2, 0.25) is 0 Å². The Kier molecular flexibility index (Phi) is 4.68. The van der Waals surface area contributed by atoms with Crippen molar-refractivity contribution in [2.24, 2.45) is 11.8 Å². The van der Waals surface area contributed by atoms with E-state index in [1.165, 1.54) is 4.90 Å². The number of amides is 1. The van der Waals surface area contributed by atoms with Crippen LogP contribution in [-0.2, 0) is 19.1 Å². The number of hydrogen-bond acceptors (Lipinski definition) is 4. The minimum absolute atomic E-state index is 0.0727. The summed E-state index contributed by atoms with van der Waals surface area (Å²) in [6, 6.07) is -0.672. The van der Waals surface area contributed by atoms with Crippen molar-refractivity contribution in [2.75, 3.05) is 19.8 Å². The Hall–Kier alpha value is -1.14. The van der Waals surface area contributed by atoms with Gasteiger partial charge in [-0.2, -0.15) is 0 Å². The van der Waals surface area contributed by atoms with E-state index < -0.39 is 18.1 Å². The zero-order valence-corrected chi connectivity index (χ0v) is 13.1. The Balaban J connectivity index is 1.59. The van der Waals surface area contributed by atoms with Gasteiger partial charge in [0.2, 0.25) is 0 Å². The SMILES string of the molecule is CC(OCC1CCCO1)C(=O)N1CC2CCCC2C1C(=O)O. The molecule has 5 unspecified atom stereocenters. The van der Waals surface area contributed by atoms with Crippen molar-refractivity contribution in [3.63, 3.8) is 0 Å². The molecule has 0 aromatic heterocycles. The van der Waals surface area contributed by atoms with Gasteiger partial charge in [0.1, 0.15) is 12.1 Å². The summed E-state index contributed by atoms with van der Waals surface area (Å²) in [6.07, 6.45) is 4.49. The maximum absolute atomic E-state index is 12.6. The number of carboxylic acid groups (broad SMARTS) is 1. The van der Waals surface area contributed by atoms with Gasteiger partial charge in [0.25, 0.3) is 5.91 Å². The van der Waals surface area contributed by atoms with Gasteiger partial charge in [0.15, 0.2) is 0 Å². The second kappa shape index (κ2) is 6.54. The van der Waals surface area contributed by atoms with Crippen molar-refractivity contribution in [3.05, 3.63) is 0 Å². The van der Waals surface area contributed by atoms with Crippen LogP contribution in [-0.4, -0.2) is 59.9 Å². The third kappa shape index (κ3) is 2.99. The highest BCUT2D eigenvalue weighted by molar-refractivity contribution is 5.87. The molecular formula is C16H25NO5. The van der Waals surface area contributed by atoms with E-state index >= 15 is 0 Å². The van der Waals surface area contributed by atoms with Gasteiger partial charge >= 0.3 is 5.97 Å². The number of rotatable bonds is 5. The summed E-state index contributed by atoms with van der Waals surface area (Å²) in [5, 5.41) is 9.51. The first-order valence-electron chi connectivity index (χ1n) is 8.34. The first-order chi connectivity index (χ1) is 10.6. The van der Waals surface area contributed by atoms with E-state index in [2.05, 4.69) is 0 Å². The molecule has 3 rings (SSSR count). The van der Waals surface area contributed by atoms with Crippen LogP contribution in [0.4, 0.5) is 0 Å². The Morgan fingerprint density at radius 3 is 2.82 bits per heavy atom. The molecule has 6 nitrogen and oxygen atoms in total. The predicted molar refractivity (Wildman–Crippen MR) is 78.4 cm³/mol. The molecule has 0 aromatic rings. The molecular weight excluding hydrogens is 286 g/mol. The minimum atomic E-state index is -0.880. The fraction of sp³-hybridized carbons (Fsp3) is 0.875. The molecule has 2 aliphatic heterocycles. The Bertz CT molecular complexity index is 434. The van der Waals surface area contributed by atoms with E-state index in [1.54, 1.807) is 6.92 Å². The minimum Gasteiger partial charge on any atom is -0.480 e.